The van der Waals surface area contributed by atoms with Crippen molar-refractivity contribution < 1.29 is 14.7 Å². The third kappa shape index (κ3) is 2.92. The number of aliphatic carboxylic acids is 1. The lowest BCUT2D eigenvalue weighted by Gasteiger charge is -2.33. The molecule has 1 aliphatic carbocycles. The molecular formula is C19H21N3O3. The van der Waals surface area contributed by atoms with Gasteiger partial charge in [0.2, 0.25) is 0 Å². The quantitative estimate of drug-likeness (QED) is 0.927. The standard InChI is InChI=1S/C19H21N3O3/c23-17(21-10-6-19(7-11-21)12-16(19)18(24)25)15-5-2-1-4-14(15)13-22-9-3-8-20-22/h1-5,8-9,16H,6-7,10-13H2,(H,24,25). The van der Waals surface area contributed by atoms with Gasteiger partial charge in [0.15, 0.2) is 0 Å². The molecule has 130 valence electrons. The molecule has 1 saturated carbocycles. The number of amides is 1. The maximum atomic E-state index is 13.0. The van der Waals surface area contributed by atoms with Crippen molar-refractivity contribution >= 4 is 11.9 Å². The van der Waals surface area contributed by atoms with Crippen molar-refractivity contribution in [2.45, 2.75) is 25.8 Å². The van der Waals surface area contributed by atoms with Gasteiger partial charge in [-0.25, -0.2) is 0 Å². The Morgan fingerprint density at radius 2 is 1.96 bits per heavy atom. The Morgan fingerprint density at radius 1 is 1.20 bits per heavy atom. The summed E-state index contributed by atoms with van der Waals surface area (Å²) in [6.45, 7) is 1.84. The molecule has 1 N–H and O–H groups in total. The summed E-state index contributed by atoms with van der Waals surface area (Å²) in [6.07, 6.45) is 5.95. The number of likely N-dealkylation sites (tertiary alicyclic amines) is 1. The molecule has 1 aliphatic heterocycles. The van der Waals surface area contributed by atoms with Gasteiger partial charge in [-0.3, -0.25) is 14.3 Å². The number of rotatable bonds is 4. The molecular weight excluding hydrogens is 318 g/mol. The maximum absolute atomic E-state index is 13.0. The Morgan fingerprint density at radius 3 is 2.60 bits per heavy atom. The molecule has 2 aromatic rings. The van der Waals surface area contributed by atoms with Crippen LogP contribution in [0, 0.1) is 11.3 Å². The second-order valence-corrected chi connectivity index (χ2v) is 7.11. The van der Waals surface area contributed by atoms with Crippen molar-refractivity contribution in [2.75, 3.05) is 13.1 Å². The van der Waals surface area contributed by atoms with Crippen molar-refractivity contribution in [1.82, 2.24) is 14.7 Å². The Kier molecular flexibility index (Phi) is 3.82. The second-order valence-electron chi connectivity index (χ2n) is 7.11. The topological polar surface area (TPSA) is 75.4 Å². The van der Waals surface area contributed by atoms with Crippen molar-refractivity contribution in [3.05, 3.63) is 53.9 Å². The first-order valence-corrected chi connectivity index (χ1v) is 8.66. The van der Waals surface area contributed by atoms with Crippen LogP contribution in [-0.4, -0.2) is 44.8 Å². The molecule has 2 aliphatic rings. The van der Waals surface area contributed by atoms with Gasteiger partial charge in [-0.15, -0.1) is 0 Å². The van der Waals surface area contributed by atoms with Crippen LogP contribution in [0.2, 0.25) is 0 Å². The van der Waals surface area contributed by atoms with Gasteiger partial charge in [-0.1, -0.05) is 18.2 Å². The first-order valence-electron chi connectivity index (χ1n) is 8.66. The van der Waals surface area contributed by atoms with Crippen LogP contribution >= 0.6 is 0 Å². The molecule has 1 amide bonds. The third-order valence-corrected chi connectivity index (χ3v) is 5.67. The number of aromatic nitrogens is 2. The monoisotopic (exact) mass is 339 g/mol. The molecule has 6 nitrogen and oxygen atoms in total. The normalized spacial score (nSPS) is 21.3. The summed E-state index contributed by atoms with van der Waals surface area (Å²) in [4.78, 5) is 26.0. The van der Waals surface area contributed by atoms with Crippen LogP contribution in [0.15, 0.2) is 42.7 Å². The SMILES string of the molecule is O=C(O)C1CC12CCN(C(=O)c1ccccc1Cn1cccn1)CC2. The van der Waals surface area contributed by atoms with Crippen LogP contribution in [-0.2, 0) is 11.3 Å². The fourth-order valence-corrected chi connectivity index (χ4v) is 4.01. The van der Waals surface area contributed by atoms with Gasteiger partial charge in [0.25, 0.3) is 5.91 Å². The molecule has 1 aromatic carbocycles. The lowest BCUT2D eigenvalue weighted by Crippen LogP contribution is -2.40. The summed E-state index contributed by atoms with van der Waals surface area (Å²) in [5, 5.41) is 13.4. The van der Waals surface area contributed by atoms with E-state index in [9.17, 15) is 14.7 Å². The number of nitrogens with zero attached hydrogens (tertiary/aromatic N) is 3. The van der Waals surface area contributed by atoms with Crippen LogP contribution in [0.4, 0.5) is 0 Å². The first-order chi connectivity index (χ1) is 12.1. The molecule has 4 rings (SSSR count). The number of carboxylic acid groups (broad SMARTS) is 1. The van der Waals surface area contributed by atoms with Crippen molar-refractivity contribution in [3.63, 3.8) is 0 Å². The summed E-state index contributed by atoms with van der Waals surface area (Å²) in [6, 6.07) is 9.50. The minimum atomic E-state index is -0.690. The molecule has 1 unspecified atom stereocenters. The third-order valence-electron chi connectivity index (χ3n) is 5.67. The van der Waals surface area contributed by atoms with Crippen LogP contribution in [0.5, 0.6) is 0 Å². The predicted molar refractivity (Wildman–Crippen MR) is 91.1 cm³/mol. The van der Waals surface area contributed by atoms with Gasteiger partial charge in [0, 0.05) is 31.0 Å². The zero-order chi connectivity index (χ0) is 17.4. The van der Waals surface area contributed by atoms with E-state index < -0.39 is 5.97 Å². The lowest BCUT2D eigenvalue weighted by atomic mass is 9.90. The average Bonchev–Trinajstić information content (AvgIpc) is 3.07. The highest BCUT2D eigenvalue weighted by atomic mass is 16.4. The summed E-state index contributed by atoms with van der Waals surface area (Å²) in [5.41, 5.74) is 1.60. The summed E-state index contributed by atoms with van der Waals surface area (Å²) >= 11 is 0. The van der Waals surface area contributed by atoms with E-state index in [-0.39, 0.29) is 17.2 Å². The molecule has 0 radical (unpaired) electrons. The number of benzene rings is 1. The largest absolute Gasteiger partial charge is 0.481 e. The number of hydrogen-bond acceptors (Lipinski definition) is 3. The Hall–Kier alpha value is -2.63. The average molecular weight is 339 g/mol. The number of carbonyl (C=O) groups is 2. The minimum Gasteiger partial charge on any atom is -0.481 e. The number of carboxylic acids is 1. The van der Waals surface area contributed by atoms with Gasteiger partial charge in [0.1, 0.15) is 0 Å². The number of piperidine rings is 1. The second kappa shape index (κ2) is 6.02. The van der Waals surface area contributed by atoms with Gasteiger partial charge >= 0.3 is 5.97 Å². The Balaban J connectivity index is 1.46. The highest BCUT2D eigenvalue weighted by Crippen LogP contribution is 2.59. The highest BCUT2D eigenvalue weighted by Gasteiger charge is 2.59. The van der Waals surface area contributed by atoms with Gasteiger partial charge in [0.05, 0.1) is 12.5 Å². The summed E-state index contributed by atoms with van der Waals surface area (Å²) in [7, 11) is 0. The van der Waals surface area contributed by atoms with E-state index in [0.717, 1.165) is 24.8 Å². The van der Waals surface area contributed by atoms with E-state index in [1.54, 1.807) is 10.9 Å². The van der Waals surface area contributed by atoms with Crippen molar-refractivity contribution in [2.24, 2.45) is 11.3 Å². The van der Waals surface area contributed by atoms with E-state index in [0.29, 0.717) is 25.2 Å². The van der Waals surface area contributed by atoms with E-state index in [1.165, 1.54) is 0 Å². The molecule has 2 heterocycles. The molecule has 6 heteroatoms. The zero-order valence-corrected chi connectivity index (χ0v) is 14.0. The zero-order valence-electron chi connectivity index (χ0n) is 14.0. The summed E-state index contributed by atoms with van der Waals surface area (Å²) < 4.78 is 1.80. The fraction of sp³-hybridized carbons (Fsp3) is 0.421. The van der Waals surface area contributed by atoms with Crippen molar-refractivity contribution in [1.29, 1.82) is 0 Å². The van der Waals surface area contributed by atoms with Crippen LogP contribution in [0.3, 0.4) is 0 Å². The Bertz CT molecular complexity index is 792. The molecule has 1 saturated heterocycles. The lowest BCUT2D eigenvalue weighted by molar-refractivity contribution is -0.139. The molecule has 1 atom stereocenters. The smallest absolute Gasteiger partial charge is 0.307 e. The molecule has 1 spiro atoms. The summed E-state index contributed by atoms with van der Waals surface area (Å²) in [5.74, 6) is -0.869. The Labute approximate surface area is 146 Å². The molecule has 1 aromatic heterocycles. The minimum absolute atomic E-state index is 0.0325. The first kappa shape index (κ1) is 15.9. The van der Waals surface area contributed by atoms with Crippen LogP contribution in [0.1, 0.15) is 35.2 Å². The number of hydrogen-bond donors (Lipinski definition) is 1. The molecule has 2 fully saturated rings. The van der Waals surface area contributed by atoms with E-state index in [2.05, 4.69) is 5.10 Å². The van der Waals surface area contributed by atoms with E-state index in [1.807, 2.05) is 41.4 Å². The predicted octanol–water partition coefficient (Wildman–Crippen LogP) is 2.26. The van der Waals surface area contributed by atoms with Crippen LogP contribution < -0.4 is 0 Å². The van der Waals surface area contributed by atoms with Crippen LogP contribution in [0.25, 0.3) is 0 Å². The number of carbonyl (C=O) groups excluding carboxylic acids is 1. The highest BCUT2D eigenvalue weighted by molar-refractivity contribution is 5.95. The molecule has 25 heavy (non-hydrogen) atoms. The van der Waals surface area contributed by atoms with Gasteiger partial charge < -0.3 is 10.0 Å². The van der Waals surface area contributed by atoms with Gasteiger partial charge in [-0.2, -0.15) is 5.10 Å². The maximum Gasteiger partial charge on any atom is 0.307 e. The fourth-order valence-electron chi connectivity index (χ4n) is 4.01. The van der Waals surface area contributed by atoms with E-state index >= 15 is 0 Å². The van der Waals surface area contributed by atoms with E-state index in [4.69, 9.17) is 0 Å². The van der Waals surface area contributed by atoms with Crippen molar-refractivity contribution in [3.8, 4) is 0 Å². The van der Waals surface area contributed by atoms with Gasteiger partial charge in [-0.05, 0) is 42.4 Å². The molecule has 0 bridgehead atoms.